The molecule has 2 aromatic rings. The molecule has 3 N–H and O–H groups in total. The first-order valence-corrected chi connectivity index (χ1v) is 6.29. The standard InChI is InChI=1S/C15H15N3O3/c1-10-4-2-7-13(14(10)18(19)20)21-9-11-5-3-6-12(8-11)15(16)17/h2-8H,9H2,1H3,(H3,16,17). The van der Waals surface area contributed by atoms with E-state index >= 15 is 0 Å². The number of nitrogens with two attached hydrogens (primary N) is 1. The van der Waals surface area contributed by atoms with Gasteiger partial charge in [-0.1, -0.05) is 30.3 Å². The smallest absolute Gasteiger partial charge is 0.313 e. The Morgan fingerprint density at radius 1 is 1.33 bits per heavy atom. The molecule has 6 heteroatoms. The van der Waals surface area contributed by atoms with E-state index in [-0.39, 0.29) is 23.9 Å². The van der Waals surface area contributed by atoms with Crippen molar-refractivity contribution in [3.05, 3.63) is 69.3 Å². The molecular formula is C15H15N3O3. The van der Waals surface area contributed by atoms with Crippen LogP contribution in [-0.2, 0) is 6.61 Å². The number of nitrogens with one attached hydrogen (secondary N) is 1. The largest absolute Gasteiger partial charge is 0.482 e. The number of nitro groups is 1. The van der Waals surface area contributed by atoms with Gasteiger partial charge in [-0.15, -0.1) is 0 Å². The third-order valence-electron chi connectivity index (χ3n) is 3.02. The van der Waals surface area contributed by atoms with Crippen LogP contribution in [-0.4, -0.2) is 10.8 Å². The summed E-state index contributed by atoms with van der Waals surface area (Å²) >= 11 is 0. The van der Waals surface area contributed by atoms with Crippen molar-refractivity contribution in [1.82, 2.24) is 0 Å². The average Bonchev–Trinajstić information content (AvgIpc) is 2.45. The highest BCUT2D eigenvalue weighted by Gasteiger charge is 2.18. The second kappa shape index (κ2) is 6.04. The highest BCUT2D eigenvalue weighted by Crippen LogP contribution is 2.30. The SMILES string of the molecule is Cc1cccc(OCc2cccc(C(=N)N)c2)c1[N+](=O)[O-]. The predicted molar refractivity (Wildman–Crippen MR) is 79.6 cm³/mol. The van der Waals surface area contributed by atoms with Gasteiger partial charge in [0.25, 0.3) is 0 Å². The minimum atomic E-state index is -0.448. The zero-order chi connectivity index (χ0) is 15.4. The average molecular weight is 285 g/mol. The van der Waals surface area contributed by atoms with Gasteiger partial charge in [-0.05, 0) is 24.6 Å². The molecule has 6 nitrogen and oxygen atoms in total. The van der Waals surface area contributed by atoms with Crippen LogP contribution in [0.1, 0.15) is 16.7 Å². The van der Waals surface area contributed by atoms with E-state index in [0.717, 1.165) is 5.56 Å². The van der Waals surface area contributed by atoms with Crippen LogP contribution in [0, 0.1) is 22.4 Å². The molecule has 21 heavy (non-hydrogen) atoms. The Balaban J connectivity index is 2.21. The number of nitrogen functional groups attached to an aromatic ring is 1. The van der Waals surface area contributed by atoms with E-state index in [9.17, 15) is 10.1 Å². The van der Waals surface area contributed by atoms with Gasteiger partial charge in [0.15, 0.2) is 5.75 Å². The topological polar surface area (TPSA) is 102 Å². The van der Waals surface area contributed by atoms with Crippen LogP contribution in [0.25, 0.3) is 0 Å². The zero-order valence-corrected chi connectivity index (χ0v) is 11.5. The van der Waals surface area contributed by atoms with Crippen molar-refractivity contribution in [3.8, 4) is 5.75 Å². The fraction of sp³-hybridized carbons (Fsp3) is 0.133. The molecule has 108 valence electrons. The molecule has 0 aliphatic carbocycles. The van der Waals surface area contributed by atoms with Crippen molar-refractivity contribution < 1.29 is 9.66 Å². The molecule has 0 aromatic heterocycles. The molecule has 0 radical (unpaired) electrons. The van der Waals surface area contributed by atoms with Crippen molar-refractivity contribution in [1.29, 1.82) is 5.41 Å². The lowest BCUT2D eigenvalue weighted by atomic mass is 10.1. The van der Waals surface area contributed by atoms with Crippen LogP contribution < -0.4 is 10.5 Å². The molecule has 2 rings (SSSR count). The lowest BCUT2D eigenvalue weighted by Gasteiger charge is -2.09. The molecule has 0 aliphatic heterocycles. The monoisotopic (exact) mass is 285 g/mol. The number of benzene rings is 2. The van der Waals surface area contributed by atoms with Crippen LogP contribution in [0.3, 0.4) is 0 Å². The maximum Gasteiger partial charge on any atom is 0.313 e. The molecule has 0 fully saturated rings. The Morgan fingerprint density at radius 3 is 2.71 bits per heavy atom. The van der Waals surface area contributed by atoms with Gasteiger partial charge in [0.05, 0.1) is 4.92 Å². The minimum absolute atomic E-state index is 0.0276. The number of nitro benzene ring substituents is 1. The summed E-state index contributed by atoms with van der Waals surface area (Å²) in [5, 5.41) is 18.5. The fourth-order valence-electron chi connectivity index (χ4n) is 1.97. The minimum Gasteiger partial charge on any atom is -0.482 e. The van der Waals surface area contributed by atoms with E-state index in [1.807, 2.05) is 6.07 Å². The summed E-state index contributed by atoms with van der Waals surface area (Å²) in [7, 11) is 0. The van der Waals surface area contributed by atoms with Gasteiger partial charge in [-0.2, -0.15) is 0 Å². The molecule has 0 saturated carbocycles. The molecule has 0 aliphatic rings. The summed E-state index contributed by atoms with van der Waals surface area (Å²) in [5.74, 6) is 0.201. The maximum absolute atomic E-state index is 11.1. The molecule has 2 aromatic carbocycles. The van der Waals surface area contributed by atoms with E-state index in [1.165, 1.54) is 0 Å². The summed E-state index contributed by atoms with van der Waals surface area (Å²) in [6, 6.07) is 12.0. The van der Waals surface area contributed by atoms with E-state index in [2.05, 4.69) is 0 Å². The Bertz CT molecular complexity index is 698. The summed E-state index contributed by atoms with van der Waals surface area (Å²) in [6.45, 7) is 1.84. The second-order valence-corrected chi connectivity index (χ2v) is 4.58. The van der Waals surface area contributed by atoms with Crippen LogP contribution in [0.4, 0.5) is 5.69 Å². The number of hydrogen-bond acceptors (Lipinski definition) is 4. The van der Waals surface area contributed by atoms with Crippen LogP contribution in [0.15, 0.2) is 42.5 Å². The number of aryl methyl sites for hydroxylation is 1. The summed E-state index contributed by atoms with van der Waals surface area (Å²) in [4.78, 5) is 10.6. The molecule has 0 bridgehead atoms. The van der Waals surface area contributed by atoms with Crippen molar-refractivity contribution >= 4 is 11.5 Å². The maximum atomic E-state index is 11.1. The zero-order valence-electron chi connectivity index (χ0n) is 11.5. The van der Waals surface area contributed by atoms with E-state index in [4.69, 9.17) is 15.9 Å². The molecular weight excluding hydrogens is 270 g/mol. The van der Waals surface area contributed by atoms with Crippen molar-refractivity contribution in [2.75, 3.05) is 0 Å². The van der Waals surface area contributed by atoms with Gasteiger partial charge < -0.3 is 10.5 Å². The van der Waals surface area contributed by atoms with Gasteiger partial charge >= 0.3 is 5.69 Å². The summed E-state index contributed by atoms with van der Waals surface area (Å²) in [5.41, 5.74) is 7.33. The van der Waals surface area contributed by atoms with Gasteiger partial charge in [0.2, 0.25) is 0 Å². The summed E-state index contributed by atoms with van der Waals surface area (Å²) < 4.78 is 5.55. The second-order valence-electron chi connectivity index (χ2n) is 4.58. The third-order valence-corrected chi connectivity index (χ3v) is 3.02. The normalized spacial score (nSPS) is 10.1. The first kappa shape index (κ1) is 14.5. The highest BCUT2D eigenvalue weighted by atomic mass is 16.6. The number of nitrogens with zero attached hydrogens (tertiary/aromatic N) is 1. The van der Waals surface area contributed by atoms with Gasteiger partial charge in [0.1, 0.15) is 12.4 Å². The van der Waals surface area contributed by atoms with Crippen LogP contribution in [0.5, 0.6) is 5.75 Å². The first-order chi connectivity index (χ1) is 9.99. The van der Waals surface area contributed by atoms with Gasteiger partial charge in [-0.25, -0.2) is 0 Å². The fourth-order valence-corrected chi connectivity index (χ4v) is 1.97. The van der Waals surface area contributed by atoms with E-state index < -0.39 is 4.92 Å². The van der Waals surface area contributed by atoms with Gasteiger partial charge in [0, 0.05) is 11.1 Å². The molecule has 0 unspecified atom stereocenters. The number of para-hydroxylation sites is 1. The van der Waals surface area contributed by atoms with Crippen molar-refractivity contribution in [2.45, 2.75) is 13.5 Å². The highest BCUT2D eigenvalue weighted by molar-refractivity contribution is 5.95. The number of hydrogen-bond donors (Lipinski definition) is 2. The Morgan fingerprint density at radius 2 is 2.05 bits per heavy atom. The molecule has 0 heterocycles. The molecule has 0 atom stereocenters. The molecule has 0 spiro atoms. The van der Waals surface area contributed by atoms with Gasteiger partial charge in [-0.3, -0.25) is 15.5 Å². The summed E-state index contributed by atoms with van der Waals surface area (Å²) in [6.07, 6.45) is 0. The van der Waals surface area contributed by atoms with Crippen LogP contribution >= 0.6 is 0 Å². The lowest BCUT2D eigenvalue weighted by Crippen LogP contribution is -2.11. The Hall–Kier alpha value is -2.89. The van der Waals surface area contributed by atoms with Crippen molar-refractivity contribution in [2.24, 2.45) is 5.73 Å². The van der Waals surface area contributed by atoms with E-state index in [1.54, 1.807) is 43.3 Å². The number of rotatable bonds is 5. The molecule has 0 amide bonds. The number of ether oxygens (including phenoxy) is 1. The molecule has 0 saturated heterocycles. The van der Waals surface area contributed by atoms with Crippen molar-refractivity contribution in [3.63, 3.8) is 0 Å². The quantitative estimate of drug-likeness (QED) is 0.381. The van der Waals surface area contributed by atoms with E-state index in [0.29, 0.717) is 11.1 Å². The predicted octanol–water partition coefficient (Wildman–Crippen LogP) is 2.77. The van der Waals surface area contributed by atoms with Crippen LogP contribution in [0.2, 0.25) is 0 Å². The lowest BCUT2D eigenvalue weighted by molar-refractivity contribution is -0.386. The Kier molecular flexibility index (Phi) is 4.18. The number of amidine groups is 1. The Labute approximate surface area is 121 Å². The first-order valence-electron chi connectivity index (χ1n) is 6.29. The third kappa shape index (κ3) is 3.36.